The Morgan fingerprint density at radius 3 is 1.57 bits per heavy atom. The molecular formula is C68H85BN2S. The van der Waals surface area contributed by atoms with E-state index in [1.165, 1.54) is 138 Å². The highest BCUT2D eigenvalue weighted by Gasteiger charge is 2.52. The first-order valence-electron chi connectivity index (χ1n) is 27.8. The van der Waals surface area contributed by atoms with Crippen LogP contribution in [0, 0.1) is 13.8 Å². The van der Waals surface area contributed by atoms with Gasteiger partial charge in [-0.15, -0.1) is 0 Å². The molecule has 0 amide bonds. The van der Waals surface area contributed by atoms with Crippen molar-refractivity contribution >= 4 is 67.9 Å². The van der Waals surface area contributed by atoms with Crippen LogP contribution in [0.25, 0.3) is 11.1 Å². The molecule has 0 spiro atoms. The van der Waals surface area contributed by atoms with Gasteiger partial charge in [-0.05, 0) is 199 Å². The Labute approximate surface area is 440 Å². The summed E-state index contributed by atoms with van der Waals surface area (Å²) in [5, 5.41) is 0. The van der Waals surface area contributed by atoms with Gasteiger partial charge in [0.15, 0.2) is 0 Å². The van der Waals surface area contributed by atoms with Gasteiger partial charge in [-0.3, -0.25) is 0 Å². The number of hydrogen-bond acceptors (Lipinski definition) is 3. The van der Waals surface area contributed by atoms with E-state index in [0.29, 0.717) is 0 Å². The van der Waals surface area contributed by atoms with Crippen molar-refractivity contribution < 1.29 is 0 Å². The maximum atomic E-state index is 2.86. The van der Waals surface area contributed by atoms with Gasteiger partial charge >= 0.3 is 0 Å². The summed E-state index contributed by atoms with van der Waals surface area (Å²) in [5.41, 5.74) is 27.1. The molecule has 3 heterocycles. The van der Waals surface area contributed by atoms with Crippen molar-refractivity contribution in [1.29, 1.82) is 0 Å². The molecular weight excluding hydrogens is 888 g/mol. The van der Waals surface area contributed by atoms with Crippen LogP contribution in [-0.4, -0.2) is 6.71 Å². The van der Waals surface area contributed by atoms with Crippen molar-refractivity contribution in [2.45, 2.75) is 220 Å². The van der Waals surface area contributed by atoms with Crippen LogP contribution in [0.15, 0.2) is 78.9 Å². The van der Waals surface area contributed by atoms with Crippen LogP contribution in [0.5, 0.6) is 0 Å². The van der Waals surface area contributed by atoms with E-state index in [4.69, 9.17) is 0 Å². The number of aryl methyl sites for hydroxylation is 2. The first-order chi connectivity index (χ1) is 33.2. The topological polar surface area (TPSA) is 6.48 Å². The average Bonchev–Trinajstić information content (AvgIpc) is 3.71. The Balaban J connectivity index is 1.29. The Morgan fingerprint density at radius 2 is 0.986 bits per heavy atom. The van der Waals surface area contributed by atoms with Crippen LogP contribution in [-0.2, 0) is 43.3 Å². The van der Waals surface area contributed by atoms with E-state index in [1.54, 1.807) is 10.4 Å². The molecule has 5 aromatic carbocycles. The van der Waals surface area contributed by atoms with E-state index < -0.39 is 0 Å². The smallest absolute Gasteiger partial charge is 0.264 e. The predicted molar refractivity (Wildman–Crippen MR) is 317 cm³/mol. The highest BCUT2D eigenvalue weighted by molar-refractivity contribution is 7.29. The highest BCUT2D eigenvalue weighted by atomic mass is 32.1. The summed E-state index contributed by atoms with van der Waals surface area (Å²) in [6.45, 7) is 49.2. The molecule has 0 unspecified atom stereocenters. The number of rotatable bonds is 3. The Kier molecular flexibility index (Phi) is 10.7. The zero-order chi connectivity index (χ0) is 52.0. The minimum Gasteiger partial charge on any atom is -0.311 e. The largest absolute Gasteiger partial charge is 0.311 e. The molecule has 0 saturated carbocycles. The third-order valence-corrected chi connectivity index (χ3v) is 20.8. The van der Waals surface area contributed by atoms with Crippen molar-refractivity contribution in [1.82, 2.24) is 0 Å². The number of benzene rings is 5. The number of anilines is 6. The van der Waals surface area contributed by atoms with Crippen LogP contribution in [0.1, 0.15) is 218 Å². The first kappa shape index (κ1) is 49.7. The van der Waals surface area contributed by atoms with Crippen LogP contribution >= 0.6 is 11.3 Å². The quantitative estimate of drug-likeness (QED) is 0.163. The molecule has 0 atom stereocenters. The molecule has 11 rings (SSSR count). The fourth-order valence-corrected chi connectivity index (χ4v) is 15.8. The number of nitrogens with zero attached hydrogens (tertiary/aromatic N) is 2. The lowest BCUT2D eigenvalue weighted by atomic mass is 9.35. The number of hydrogen-bond donors (Lipinski definition) is 0. The maximum absolute atomic E-state index is 2.86. The Bertz CT molecular complexity index is 3240. The minimum atomic E-state index is -0.0318. The Hall–Kier alpha value is -4.54. The number of thiophene rings is 1. The molecule has 1 aromatic heterocycles. The van der Waals surface area contributed by atoms with E-state index in [2.05, 4.69) is 238 Å². The molecule has 376 valence electrons. The lowest BCUT2D eigenvalue weighted by molar-refractivity contribution is 0.332. The molecule has 5 aliphatic rings. The van der Waals surface area contributed by atoms with Gasteiger partial charge in [-0.25, -0.2) is 0 Å². The van der Waals surface area contributed by atoms with Crippen LogP contribution in [0.2, 0.25) is 0 Å². The SMILES string of the molecule is Cc1cc2c3c(c1)N(c1c(C)cc(C(C)(C)C)cc1-c1ccc4c(c1)C(C)(C)CCC4(C)C)c1c(sc4c1C(C)(C)CCC4(C)C)B3c1cc3c(cc1N2c1ccc(C(C)(C)C)cc1)C(C)(C)CCC3(C)C. The van der Waals surface area contributed by atoms with Gasteiger partial charge in [0.2, 0.25) is 0 Å². The zero-order valence-corrected chi connectivity index (χ0v) is 48.9. The second-order valence-electron chi connectivity index (χ2n) is 29.6. The summed E-state index contributed by atoms with van der Waals surface area (Å²) in [6, 6.07) is 32.9. The molecule has 3 aliphatic carbocycles. The molecule has 0 radical (unpaired) electrons. The van der Waals surface area contributed by atoms with Crippen molar-refractivity contribution in [2.24, 2.45) is 0 Å². The fourth-order valence-electron chi connectivity index (χ4n) is 14.1. The molecule has 2 nitrogen and oxygen atoms in total. The van der Waals surface area contributed by atoms with Gasteiger partial charge < -0.3 is 9.80 Å². The first-order valence-corrected chi connectivity index (χ1v) is 28.6. The van der Waals surface area contributed by atoms with Gasteiger partial charge in [-0.2, -0.15) is 11.3 Å². The number of fused-ring (bicyclic) bond motifs is 8. The standard InChI is InChI=1S/C68H85BN2S/c1-40-33-53-56-54(34-40)71(57-41(2)35-44(62(6,7)8)37-46(57)42-21-26-47-48(36-42)64(11,12)28-27-63(47,9)10)58-55-59(68(19,20)32-31-67(55,17)18)72-60(58)69(56)51-38-49-50(66(15,16)30-29-65(49,13)14)39-52(51)70(53)45-24-22-43(23-25-45)61(3,4)5/h21-26,33-39H,27-32H2,1-20H3. The fraction of sp³-hybridized carbons (Fsp3) is 0.500. The molecule has 0 fully saturated rings. The van der Waals surface area contributed by atoms with Gasteiger partial charge in [0, 0.05) is 38.0 Å². The molecule has 0 saturated heterocycles. The van der Waals surface area contributed by atoms with Crippen molar-refractivity contribution in [3.05, 3.63) is 134 Å². The van der Waals surface area contributed by atoms with Gasteiger partial charge in [0.1, 0.15) is 0 Å². The summed E-state index contributed by atoms with van der Waals surface area (Å²) in [7, 11) is 0. The predicted octanol–water partition coefficient (Wildman–Crippen LogP) is 17.8. The van der Waals surface area contributed by atoms with E-state index >= 15 is 0 Å². The third kappa shape index (κ3) is 7.42. The van der Waals surface area contributed by atoms with E-state index in [-0.39, 0.29) is 50.0 Å². The molecule has 6 aromatic rings. The minimum absolute atomic E-state index is 0.0155. The van der Waals surface area contributed by atoms with E-state index in [0.717, 1.165) is 6.42 Å². The maximum Gasteiger partial charge on any atom is 0.264 e. The monoisotopic (exact) mass is 973 g/mol. The van der Waals surface area contributed by atoms with Crippen LogP contribution in [0.3, 0.4) is 0 Å². The third-order valence-electron chi connectivity index (χ3n) is 19.2. The summed E-state index contributed by atoms with van der Waals surface area (Å²) in [5.74, 6) is 0. The Morgan fingerprint density at radius 1 is 0.472 bits per heavy atom. The van der Waals surface area contributed by atoms with Crippen LogP contribution in [0.4, 0.5) is 34.1 Å². The molecule has 4 heteroatoms. The van der Waals surface area contributed by atoms with Gasteiger partial charge in [0.25, 0.3) is 6.71 Å². The van der Waals surface area contributed by atoms with E-state index in [1.807, 2.05) is 0 Å². The van der Waals surface area contributed by atoms with Gasteiger partial charge in [-0.1, -0.05) is 167 Å². The van der Waals surface area contributed by atoms with E-state index in [9.17, 15) is 0 Å². The normalized spacial score (nSPS) is 20.5. The summed E-state index contributed by atoms with van der Waals surface area (Å²) < 4.78 is 1.52. The lowest BCUT2D eigenvalue weighted by Gasteiger charge is -2.48. The molecule has 0 bridgehead atoms. The zero-order valence-electron chi connectivity index (χ0n) is 48.1. The summed E-state index contributed by atoms with van der Waals surface area (Å²) >= 11 is 2.16. The molecule has 72 heavy (non-hydrogen) atoms. The second-order valence-corrected chi connectivity index (χ2v) is 30.6. The lowest BCUT2D eigenvalue weighted by Crippen LogP contribution is -2.61. The second kappa shape index (κ2) is 15.5. The molecule has 2 aliphatic heterocycles. The van der Waals surface area contributed by atoms with Gasteiger partial charge in [0.05, 0.1) is 11.4 Å². The van der Waals surface area contributed by atoms with Crippen LogP contribution < -0.4 is 25.5 Å². The van der Waals surface area contributed by atoms with Crippen molar-refractivity contribution in [3.8, 4) is 11.1 Å². The summed E-state index contributed by atoms with van der Waals surface area (Å²) in [6.07, 6.45) is 7.13. The highest BCUT2D eigenvalue weighted by Crippen LogP contribution is 2.59. The van der Waals surface area contributed by atoms with Crippen molar-refractivity contribution in [2.75, 3.05) is 9.80 Å². The molecule has 0 N–H and O–H groups in total. The summed E-state index contributed by atoms with van der Waals surface area (Å²) in [4.78, 5) is 7.14. The van der Waals surface area contributed by atoms with Crippen molar-refractivity contribution in [3.63, 3.8) is 0 Å². The average molecular weight is 973 g/mol.